The van der Waals surface area contributed by atoms with Gasteiger partial charge in [-0.1, -0.05) is 47.5 Å². The van der Waals surface area contributed by atoms with Crippen LogP contribution >= 0.6 is 67.3 Å². The molecule has 4 rings (SSSR count). The number of rotatable bonds is 11. The third-order valence-corrected chi connectivity index (χ3v) is 8.15. The summed E-state index contributed by atoms with van der Waals surface area (Å²) in [5.74, 6) is -0.000461. The molecule has 0 bridgehead atoms. The molecule has 0 unspecified atom stereocenters. The topological polar surface area (TPSA) is 110 Å². The number of nitrogens with zero attached hydrogens (tertiary/aromatic N) is 1. The van der Waals surface area contributed by atoms with Gasteiger partial charge in [0, 0.05) is 26.9 Å². The van der Waals surface area contributed by atoms with Gasteiger partial charge in [0.15, 0.2) is 11.7 Å². The van der Waals surface area contributed by atoms with Crippen molar-refractivity contribution in [1.82, 2.24) is 16.1 Å². The number of allylic oxidation sites excluding steroid dienone is 1. The van der Waals surface area contributed by atoms with Crippen molar-refractivity contribution in [3.8, 4) is 11.5 Å². The molecule has 0 aliphatic carbocycles. The fraction of sp³-hybridized carbons (Fsp3) is 0.200. The van der Waals surface area contributed by atoms with Crippen LogP contribution in [0.1, 0.15) is 36.6 Å². The van der Waals surface area contributed by atoms with E-state index in [-0.39, 0.29) is 19.8 Å². The number of esters is 1. The van der Waals surface area contributed by atoms with Crippen molar-refractivity contribution in [1.29, 1.82) is 0 Å². The number of nitrogens with one attached hydrogen (secondary N) is 3. The van der Waals surface area contributed by atoms with Gasteiger partial charge >= 0.3 is 5.97 Å². The van der Waals surface area contributed by atoms with Crippen molar-refractivity contribution < 1.29 is 23.8 Å². The van der Waals surface area contributed by atoms with E-state index >= 15 is 0 Å². The minimum Gasteiger partial charge on any atom is -0.486 e. The molecule has 3 aromatic rings. The van der Waals surface area contributed by atoms with Crippen molar-refractivity contribution in [2.75, 3.05) is 13.2 Å². The summed E-state index contributed by atoms with van der Waals surface area (Å²) >= 11 is 24.6. The Bertz CT molecular complexity index is 1630. The highest BCUT2D eigenvalue weighted by molar-refractivity contribution is 9.11. The monoisotopic (exact) mass is 782 g/mol. The lowest BCUT2D eigenvalue weighted by molar-refractivity contribution is -0.139. The minimum absolute atomic E-state index is 0.219. The van der Waals surface area contributed by atoms with Gasteiger partial charge in [0.2, 0.25) is 0 Å². The molecule has 1 atom stereocenters. The Morgan fingerprint density at radius 3 is 2.52 bits per heavy atom. The number of carbonyl (C=O) groups is 2. The largest absolute Gasteiger partial charge is 0.486 e. The summed E-state index contributed by atoms with van der Waals surface area (Å²) in [6.45, 7) is 3.61. The lowest BCUT2D eigenvalue weighted by Crippen LogP contribution is -2.45. The van der Waals surface area contributed by atoms with Crippen molar-refractivity contribution in [2.45, 2.75) is 26.5 Å². The molecule has 1 amide bonds. The maximum Gasteiger partial charge on any atom is 0.338 e. The lowest BCUT2D eigenvalue weighted by Gasteiger charge is -2.30. The molecule has 3 aromatic carbocycles. The van der Waals surface area contributed by atoms with E-state index in [9.17, 15) is 9.59 Å². The molecule has 0 spiro atoms. The van der Waals surface area contributed by atoms with Crippen LogP contribution in [0.5, 0.6) is 11.5 Å². The van der Waals surface area contributed by atoms with Crippen molar-refractivity contribution in [2.24, 2.45) is 5.10 Å². The van der Waals surface area contributed by atoms with Crippen LogP contribution in [0.2, 0.25) is 10.0 Å². The molecule has 0 saturated heterocycles. The highest BCUT2D eigenvalue weighted by atomic mass is 79.9. The van der Waals surface area contributed by atoms with Crippen LogP contribution in [-0.2, 0) is 20.9 Å². The zero-order valence-electron chi connectivity index (χ0n) is 23.4. The second kappa shape index (κ2) is 15.7. The second-order valence-electron chi connectivity index (χ2n) is 9.25. The van der Waals surface area contributed by atoms with E-state index in [1.165, 1.54) is 6.21 Å². The lowest BCUT2D eigenvalue weighted by atomic mass is 9.95. The van der Waals surface area contributed by atoms with Gasteiger partial charge < -0.3 is 24.8 Å². The van der Waals surface area contributed by atoms with Crippen LogP contribution in [0.15, 0.2) is 79.9 Å². The molecule has 44 heavy (non-hydrogen) atoms. The Morgan fingerprint density at radius 2 is 1.82 bits per heavy atom. The molecular formula is C30H26Br2Cl2N4O5S. The first-order valence-electron chi connectivity index (χ1n) is 13.1. The number of thiocarbonyl (C=S) groups is 1. The van der Waals surface area contributed by atoms with Gasteiger partial charge in [-0.05, 0) is 93.8 Å². The summed E-state index contributed by atoms with van der Waals surface area (Å²) in [6, 6.07) is 15.2. The zero-order chi connectivity index (χ0) is 31.8. The Balaban J connectivity index is 1.38. The number of carbonyl (C=O) groups excluding carboxylic acids is 2. The van der Waals surface area contributed by atoms with E-state index in [0.717, 1.165) is 5.56 Å². The molecule has 1 aliphatic heterocycles. The van der Waals surface area contributed by atoms with E-state index in [2.05, 4.69) is 53.0 Å². The number of hydrogen-bond donors (Lipinski definition) is 3. The molecule has 9 nitrogen and oxygen atoms in total. The Labute approximate surface area is 286 Å². The molecule has 0 fully saturated rings. The minimum atomic E-state index is -0.632. The van der Waals surface area contributed by atoms with Crippen LogP contribution < -0.4 is 25.5 Å². The van der Waals surface area contributed by atoms with Crippen molar-refractivity contribution in [3.05, 3.63) is 102 Å². The first-order valence-corrected chi connectivity index (χ1v) is 15.9. The summed E-state index contributed by atoms with van der Waals surface area (Å²) in [4.78, 5) is 25.3. The highest BCUT2D eigenvalue weighted by Gasteiger charge is 2.32. The van der Waals surface area contributed by atoms with E-state index in [1.807, 2.05) is 0 Å². The third-order valence-electron chi connectivity index (χ3n) is 6.16. The summed E-state index contributed by atoms with van der Waals surface area (Å²) in [5.41, 5.74) is 5.49. The molecule has 0 aromatic heterocycles. The summed E-state index contributed by atoms with van der Waals surface area (Å²) < 4.78 is 18.4. The quantitative estimate of drug-likeness (QED) is 0.0828. The van der Waals surface area contributed by atoms with Gasteiger partial charge in [0.25, 0.3) is 5.91 Å². The van der Waals surface area contributed by atoms with E-state index in [4.69, 9.17) is 49.6 Å². The zero-order valence-corrected chi connectivity index (χ0v) is 28.9. The van der Waals surface area contributed by atoms with Gasteiger partial charge in [-0.2, -0.15) is 5.10 Å². The molecular weight excluding hydrogens is 759 g/mol. The summed E-state index contributed by atoms with van der Waals surface area (Å²) in [7, 11) is 0. The Kier molecular flexibility index (Phi) is 12.0. The predicted octanol–water partition coefficient (Wildman–Crippen LogP) is 6.98. The van der Waals surface area contributed by atoms with Crippen LogP contribution in [0.25, 0.3) is 0 Å². The molecule has 3 N–H and O–H groups in total. The van der Waals surface area contributed by atoms with Crippen molar-refractivity contribution in [3.63, 3.8) is 0 Å². The smallest absolute Gasteiger partial charge is 0.338 e. The fourth-order valence-electron chi connectivity index (χ4n) is 4.19. The number of halogens is 4. The molecule has 14 heteroatoms. The summed E-state index contributed by atoms with van der Waals surface area (Å²) in [6.07, 6.45) is 1.49. The SMILES string of the molecule is CCOC(=O)C1=C(C)NC(=S)N[C@@H]1c1ccccc1OCC(=O)NN=Cc1cc(Br)c(OCc2ccc(Cl)cc2Cl)c(Br)c1. The number of hydrazone groups is 1. The molecule has 0 radical (unpaired) electrons. The second-order valence-corrected chi connectivity index (χ2v) is 12.2. The Morgan fingerprint density at radius 1 is 1.09 bits per heavy atom. The van der Waals surface area contributed by atoms with Crippen LogP contribution in [0, 0.1) is 0 Å². The van der Waals surface area contributed by atoms with Crippen LogP contribution in [0.3, 0.4) is 0 Å². The van der Waals surface area contributed by atoms with Crippen LogP contribution in [-0.4, -0.2) is 36.4 Å². The van der Waals surface area contributed by atoms with Crippen molar-refractivity contribution >= 4 is 90.5 Å². The summed E-state index contributed by atoms with van der Waals surface area (Å²) in [5, 5.41) is 11.5. The maximum atomic E-state index is 12.7. The number of para-hydroxylation sites is 1. The van der Waals surface area contributed by atoms with E-state index in [1.54, 1.807) is 68.4 Å². The van der Waals surface area contributed by atoms with Gasteiger partial charge in [-0.3, -0.25) is 4.79 Å². The van der Waals surface area contributed by atoms with Crippen LogP contribution in [0.4, 0.5) is 0 Å². The molecule has 1 heterocycles. The molecule has 230 valence electrons. The molecule has 1 aliphatic rings. The highest BCUT2D eigenvalue weighted by Crippen LogP contribution is 2.36. The number of amides is 1. The van der Waals surface area contributed by atoms with Gasteiger partial charge in [-0.15, -0.1) is 0 Å². The average molecular weight is 785 g/mol. The first-order chi connectivity index (χ1) is 21.1. The van der Waals surface area contributed by atoms with Gasteiger partial charge in [0.05, 0.1) is 33.4 Å². The van der Waals surface area contributed by atoms with E-state index < -0.39 is 17.9 Å². The molecule has 0 saturated carbocycles. The average Bonchev–Trinajstić information content (AvgIpc) is 2.96. The standard InChI is InChI=1S/C30H26Br2Cl2N4O5S/c1-3-41-29(40)26-16(2)36-30(44)37-27(26)20-6-4-5-7-24(20)42-15-25(39)38-35-13-17-10-21(31)28(22(32)11-17)43-14-18-8-9-19(33)12-23(18)34/h4-13,27H,3,14-15H2,1-2H3,(H,38,39)(H2,36,37,44)/t27-/m1/s1. The van der Waals surface area contributed by atoms with Gasteiger partial charge in [-0.25, -0.2) is 10.2 Å². The predicted molar refractivity (Wildman–Crippen MR) is 181 cm³/mol. The maximum absolute atomic E-state index is 12.7. The first kappa shape index (κ1) is 33.7. The Hall–Kier alpha value is -3.16. The normalized spacial score (nSPS) is 14.6. The third kappa shape index (κ3) is 8.72. The number of hydrogen-bond acceptors (Lipinski definition) is 7. The fourth-order valence-corrected chi connectivity index (χ4v) is 6.38. The number of benzene rings is 3. The van der Waals surface area contributed by atoms with Gasteiger partial charge in [0.1, 0.15) is 18.1 Å². The van der Waals surface area contributed by atoms with E-state index in [0.29, 0.717) is 58.0 Å². The number of ether oxygens (including phenoxy) is 3.